The monoisotopic (exact) mass is 330 g/mol. The number of hydrogen-bond acceptors (Lipinski definition) is 2. The van der Waals surface area contributed by atoms with E-state index in [1.807, 2.05) is 32.0 Å². The molecule has 1 amide bonds. The number of aryl methyl sites for hydroxylation is 2. The average Bonchev–Trinajstić information content (AvgIpc) is 3.31. The zero-order valence-electron chi connectivity index (χ0n) is 13.2. The van der Waals surface area contributed by atoms with Gasteiger partial charge in [-0.2, -0.15) is 0 Å². The van der Waals surface area contributed by atoms with Crippen LogP contribution < -0.4 is 10.9 Å². The smallest absolute Gasteiger partial charge is 0.264 e. The van der Waals surface area contributed by atoms with E-state index >= 15 is 0 Å². The molecule has 0 spiro atoms. The van der Waals surface area contributed by atoms with Crippen LogP contribution in [0.15, 0.2) is 35.1 Å². The van der Waals surface area contributed by atoms with Crippen LogP contribution in [-0.4, -0.2) is 10.5 Å². The van der Waals surface area contributed by atoms with Crippen molar-refractivity contribution in [1.29, 1.82) is 0 Å². The third-order valence-corrected chi connectivity index (χ3v) is 4.39. The second-order valence-electron chi connectivity index (χ2n) is 6.06. The molecule has 120 valence electrons. The number of nitrogens with one attached hydrogen (secondary N) is 1. The summed E-state index contributed by atoms with van der Waals surface area (Å²) in [5.74, 6) is -0.322. The molecular weight excluding hydrogens is 312 g/mol. The molecule has 0 bridgehead atoms. The number of aromatic nitrogens is 1. The fourth-order valence-electron chi connectivity index (χ4n) is 2.84. The summed E-state index contributed by atoms with van der Waals surface area (Å²) in [5.41, 5.74) is 2.65. The van der Waals surface area contributed by atoms with E-state index in [0.717, 1.165) is 29.7 Å². The Morgan fingerprint density at radius 3 is 2.52 bits per heavy atom. The summed E-state index contributed by atoms with van der Waals surface area (Å²) >= 11 is 5.85. The first-order valence-electron chi connectivity index (χ1n) is 7.72. The highest BCUT2D eigenvalue weighted by atomic mass is 35.5. The normalized spacial score (nSPS) is 13.9. The Balaban J connectivity index is 1.83. The topological polar surface area (TPSA) is 51.1 Å². The molecule has 0 atom stereocenters. The molecule has 0 unspecified atom stereocenters. The summed E-state index contributed by atoms with van der Waals surface area (Å²) in [6.45, 7) is 4.09. The van der Waals surface area contributed by atoms with Crippen LogP contribution >= 0.6 is 11.6 Å². The molecule has 1 saturated carbocycles. The maximum atomic E-state index is 12.7. The predicted molar refractivity (Wildman–Crippen MR) is 91.1 cm³/mol. The van der Waals surface area contributed by atoms with Crippen LogP contribution in [0.1, 0.15) is 46.1 Å². The Kier molecular flexibility index (Phi) is 4.26. The molecule has 1 heterocycles. The van der Waals surface area contributed by atoms with Crippen molar-refractivity contribution in [2.45, 2.75) is 39.3 Å². The van der Waals surface area contributed by atoms with E-state index in [9.17, 15) is 9.59 Å². The lowest BCUT2D eigenvalue weighted by atomic mass is 10.1. The van der Waals surface area contributed by atoms with E-state index in [4.69, 9.17) is 11.6 Å². The molecule has 0 saturated heterocycles. The first-order valence-corrected chi connectivity index (χ1v) is 8.10. The van der Waals surface area contributed by atoms with Crippen LogP contribution in [0.5, 0.6) is 0 Å². The number of hydrogen-bond donors (Lipinski definition) is 1. The van der Waals surface area contributed by atoms with E-state index in [1.54, 1.807) is 16.7 Å². The summed E-state index contributed by atoms with van der Waals surface area (Å²) < 4.78 is 1.75. The van der Waals surface area contributed by atoms with E-state index in [0.29, 0.717) is 11.6 Å². The van der Waals surface area contributed by atoms with Gasteiger partial charge in [0, 0.05) is 23.3 Å². The Bertz CT molecular complexity index is 805. The van der Waals surface area contributed by atoms with Crippen molar-refractivity contribution in [2.75, 3.05) is 0 Å². The zero-order chi connectivity index (χ0) is 16.6. The zero-order valence-corrected chi connectivity index (χ0v) is 14.0. The molecule has 1 N–H and O–H groups in total. The Morgan fingerprint density at radius 2 is 1.91 bits per heavy atom. The minimum absolute atomic E-state index is 0.182. The number of rotatable bonds is 4. The quantitative estimate of drug-likeness (QED) is 0.934. The summed E-state index contributed by atoms with van der Waals surface area (Å²) in [7, 11) is 0. The van der Waals surface area contributed by atoms with E-state index < -0.39 is 0 Å². The number of amides is 1. The van der Waals surface area contributed by atoms with Crippen LogP contribution in [0.25, 0.3) is 0 Å². The Hall–Kier alpha value is -2.07. The van der Waals surface area contributed by atoms with Crippen LogP contribution in [0.4, 0.5) is 0 Å². The molecule has 1 aromatic heterocycles. The van der Waals surface area contributed by atoms with Crippen molar-refractivity contribution in [3.05, 3.63) is 68.1 Å². The largest absolute Gasteiger partial charge is 0.348 e. The molecule has 23 heavy (non-hydrogen) atoms. The lowest BCUT2D eigenvalue weighted by molar-refractivity contribution is 0.0948. The second-order valence-corrected chi connectivity index (χ2v) is 6.50. The summed E-state index contributed by atoms with van der Waals surface area (Å²) in [4.78, 5) is 25.2. The van der Waals surface area contributed by atoms with Gasteiger partial charge in [-0.25, -0.2) is 0 Å². The fourth-order valence-corrected chi connectivity index (χ4v) is 2.97. The van der Waals surface area contributed by atoms with Gasteiger partial charge in [0.2, 0.25) is 0 Å². The number of benzene rings is 1. The van der Waals surface area contributed by atoms with Gasteiger partial charge in [-0.1, -0.05) is 23.7 Å². The highest BCUT2D eigenvalue weighted by molar-refractivity contribution is 6.30. The van der Waals surface area contributed by atoms with Crippen molar-refractivity contribution in [3.8, 4) is 0 Å². The van der Waals surface area contributed by atoms with Crippen molar-refractivity contribution >= 4 is 17.5 Å². The van der Waals surface area contributed by atoms with Crippen molar-refractivity contribution in [3.63, 3.8) is 0 Å². The van der Waals surface area contributed by atoms with Crippen LogP contribution in [-0.2, 0) is 6.54 Å². The SMILES string of the molecule is Cc1cc(C)n(C2CC2)c(=O)c1C(=O)NCc1ccc(Cl)cc1. The third-order valence-electron chi connectivity index (χ3n) is 4.14. The number of carbonyl (C=O) groups excluding carboxylic acids is 1. The van der Waals surface area contributed by atoms with Crippen LogP contribution in [0, 0.1) is 13.8 Å². The van der Waals surface area contributed by atoms with Crippen LogP contribution in [0.2, 0.25) is 5.02 Å². The highest BCUT2D eigenvalue weighted by Crippen LogP contribution is 2.34. The van der Waals surface area contributed by atoms with Gasteiger partial charge in [-0.15, -0.1) is 0 Å². The molecule has 0 aliphatic heterocycles. The summed E-state index contributed by atoms with van der Waals surface area (Å²) in [5, 5.41) is 3.48. The molecule has 3 rings (SSSR count). The van der Waals surface area contributed by atoms with Crippen molar-refractivity contribution in [2.24, 2.45) is 0 Å². The molecule has 1 aliphatic carbocycles. The predicted octanol–water partition coefficient (Wildman–Crippen LogP) is 3.38. The Labute approximate surface area is 140 Å². The summed E-state index contributed by atoms with van der Waals surface area (Å²) in [6, 6.07) is 9.43. The fraction of sp³-hybridized carbons (Fsp3) is 0.333. The number of carbonyl (C=O) groups is 1. The molecule has 4 nitrogen and oxygen atoms in total. The number of nitrogens with zero attached hydrogens (tertiary/aromatic N) is 1. The molecular formula is C18H19ClN2O2. The van der Waals surface area contributed by atoms with Crippen molar-refractivity contribution < 1.29 is 4.79 Å². The lowest BCUT2D eigenvalue weighted by Crippen LogP contribution is -2.34. The van der Waals surface area contributed by atoms with Crippen LogP contribution in [0.3, 0.4) is 0 Å². The van der Waals surface area contributed by atoms with Gasteiger partial charge < -0.3 is 9.88 Å². The standard InChI is InChI=1S/C18H19ClN2O2/c1-11-9-12(2)21(15-7-8-15)18(23)16(11)17(22)20-10-13-3-5-14(19)6-4-13/h3-6,9,15H,7-8,10H2,1-2H3,(H,20,22). The highest BCUT2D eigenvalue weighted by Gasteiger charge is 2.28. The minimum atomic E-state index is -0.322. The second kappa shape index (κ2) is 6.20. The van der Waals surface area contributed by atoms with Gasteiger partial charge >= 0.3 is 0 Å². The molecule has 0 radical (unpaired) electrons. The average molecular weight is 331 g/mol. The minimum Gasteiger partial charge on any atom is -0.348 e. The van der Waals surface area contributed by atoms with E-state index in [1.165, 1.54) is 0 Å². The van der Waals surface area contributed by atoms with Crippen molar-refractivity contribution in [1.82, 2.24) is 9.88 Å². The first-order chi connectivity index (χ1) is 11.0. The number of pyridine rings is 1. The van der Waals surface area contributed by atoms with Gasteiger partial charge in [0.15, 0.2) is 0 Å². The molecule has 5 heteroatoms. The number of halogens is 1. The first kappa shape index (κ1) is 15.8. The Morgan fingerprint density at radius 1 is 1.26 bits per heavy atom. The maximum absolute atomic E-state index is 12.7. The van der Waals surface area contributed by atoms with Gasteiger partial charge in [-0.3, -0.25) is 9.59 Å². The molecule has 1 aliphatic rings. The van der Waals surface area contributed by atoms with Gasteiger partial charge in [0.25, 0.3) is 11.5 Å². The maximum Gasteiger partial charge on any atom is 0.264 e. The summed E-state index contributed by atoms with van der Waals surface area (Å²) in [6.07, 6.45) is 2.02. The van der Waals surface area contributed by atoms with Gasteiger partial charge in [-0.05, 0) is 56.0 Å². The third kappa shape index (κ3) is 3.32. The van der Waals surface area contributed by atoms with Gasteiger partial charge in [0.05, 0.1) is 0 Å². The van der Waals surface area contributed by atoms with E-state index in [-0.39, 0.29) is 23.1 Å². The van der Waals surface area contributed by atoms with Gasteiger partial charge in [0.1, 0.15) is 5.56 Å². The molecule has 1 aromatic carbocycles. The molecule has 2 aromatic rings. The molecule has 1 fully saturated rings. The van der Waals surface area contributed by atoms with E-state index in [2.05, 4.69) is 5.32 Å². The lowest BCUT2D eigenvalue weighted by Gasteiger charge is -2.14.